The summed E-state index contributed by atoms with van der Waals surface area (Å²) in [5.41, 5.74) is 6.52. The predicted molar refractivity (Wildman–Crippen MR) is 152 cm³/mol. The molecule has 0 unspecified atom stereocenters. The van der Waals surface area contributed by atoms with Crippen molar-refractivity contribution in [3.05, 3.63) is 128 Å². The van der Waals surface area contributed by atoms with Crippen LogP contribution in [0.4, 0.5) is 0 Å². The van der Waals surface area contributed by atoms with Gasteiger partial charge < -0.3 is 0 Å². The van der Waals surface area contributed by atoms with Crippen molar-refractivity contribution in [1.29, 1.82) is 0 Å². The Labute approximate surface area is 224 Å². The number of nitrogens with zero attached hydrogens (tertiary/aromatic N) is 7. The summed E-state index contributed by atoms with van der Waals surface area (Å²) in [5, 5.41) is 6.08. The minimum Gasteiger partial charge on any atom is -0.265 e. The van der Waals surface area contributed by atoms with Crippen molar-refractivity contribution in [3.63, 3.8) is 0 Å². The Hall–Kier alpha value is -5.56. The molecule has 0 amide bonds. The van der Waals surface area contributed by atoms with Crippen molar-refractivity contribution in [1.82, 2.24) is 34.7 Å². The van der Waals surface area contributed by atoms with Gasteiger partial charge in [0.05, 0.1) is 11.2 Å². The van der Waals surface area contributed by atoms with E-state index in [2.05, 4.69) is 34.2 Å². The molecular weight excluding hydrogens is 482 g/mol. The molecule has 0 spiro atoms. The van der Waals surface area contributed by atoms with E-state index in [0.717, 1.165) is 44.5 Å². The largest absolute Gasteiger partial charge is 0.265 e. The number of hydrogen-bond donors (Lipinski definition) is 0. The fourth-order valence-corrected chi connectivity index (χ4v) is 4.62. The predicted octanol–water partition coefficient (Wildman–Crippen LogP) is 6.67. The maximum absolute atomic E-state index is 5.02. The van der Waals surface area contributed by atoms with Gasteiger partial charge in [0, 0.05) is 52.4 Å². The molecule has 0 radical (unpaired) electrons. The third kappa shape index (κ3) is 4.32. The highest BCUT2D eigenvalue weighted by molar-refractivity contribution is 5.94. The van der Waals surface area contributed by atoms with E-state index in [1.54, 1.807) is 24.8 Å². The first-order valence-electron chi connectivity index (χ1n) is 12.5. The van der Waals surface area contributed by atoms with Gasteiger partial charge in [-0.15, -0.1) is 0 Å². The third-order valence-corrected chi connectivity index (χ3v) is 6.49. The van der Waals surface area contributed by atoms with Crippen LogP contribution in [-0.2, 0) is 0 Å². The average Bonchev–Trinajstić information content (AvgIpc) is 3.42. The second-order valence-corrected chi connectivity index (χ2v) is 8.97. The van der Waals surface area contributed by atoms with Gasteiger partial charge in [0.2, 0.25) is 0 Å². The fourth-order valence-electron chi connectivity index (χ4n) is 4.62. The average molecular weight is 504 g/mol. The lowest BCUT2D eigenvalue weighted by atomic mass is 10.0. The smallest absolute Gasteiger partial charge is 0.164 e. The van der Waals surface area contributed by atoms with Gasteiger partial charge in [-0.05, 0) is 36.4 Å². The maximum Gasteiger partial charge on any atom is 0.164 e. The van der Waals surface area contributed by atoms with E-state index in [0.29, 0.717) is 17.5 Å². The Bertz CT molecular complexity index is 1840. The van der Waals surface area contributed by atoms with Gasteiger partial charge in [-0.1, -0.05) is 66.7 Å². The Morgan fingerprint density at radius 2 is 1.03 bits per heavy atom. The van der Waals surface area contributed by atoms with Gasteiger partial charge >= 0.3 is 0 Å². The summed E-state index contributed by atoms with van der Waals surface area (Å²) in [6.45, 7) is 0. The molecule has 4 aromatic heterocycles. The molecule has 0 saturated carbocycles. The first kappa shape index (κ1) is 22.6. The molecule has 184 valence electrons. The number of pyridine rings is 2. The lowest BCUT2D eigenvalue weighted by molar-refractivity contribution is 0.911. The first-order valence-corrected chi connectivity index (χ1v) is 12.5. The second-order valence-electron chi connectivity index (χ2n) is 8.97. The highest BCUT2D eigenvalue weighted by atomic mass is 15.3. The molecule has 7 nitrogen and oxygen atoms in total. The minimum absolute atomic E-state index is 0.593. The van der Waals surface area contributed by atoms with Crippen molar-refractivity contribution < 1.29 is 0 Å². The molecule has 0 saturated heterocycles. The standard InChI is InChI=1S/C32H21N7/c1-2-7-22(8-3-1)30-35-31(23-13-17-33-18-14-23)37-32(36-30)25-10-6-9-24(21-25)29-27-11-4-5-12-28(27)39(38-29)26-15-19-34-20-16-26/h1-21H. The molecule has 0 N–H and O–H groups in total. The molecular formula is C32H21N7. The molecule has 0 atom stereocenters. The number of para-hydroxylation sites is 1. The fraction of sp³-hybridized carbons (Fsp3) is 0. The van der Waals surface area contributed by atoms with Crippen LogP contribution in [0.25, 0.3) is 62.0 Å². The van der Waals surface area contributed by atoms with Crippen molar-refractivity contribution >= 4 is 10.9 Å². The van der Waals surface area contributed by atoms with Crippen molar-refractivity contribution in [2.75, 3.05) is 0 Å². The van der Waals surface area contributed by atoms with Crippen molar-refractivity contribution in [2.24, 2.45) is 0 Å². The second kappa shape index (κ2) is 9.72. The highest BCUT2D eigenvalue weighted by Gasteiger charge is 2.16. The normalized spacial score (nSPS) is 11.1. The number of rotatable bonds is 5. The van der Waals surface area contributed by atoms with E-state index >= 15 is 0 Å². The van der Waals surface area contributed by atoms with Gasteiger partial charge in [0.1, 0.15) is 5.69 Å². The van der Waals surface area contributed by atoms with Crippen molar-refractivity contribution in [2.45, 2.75) is 0 Å². The summed E-state index contributed by atoms with van der Waals surface area (Å²) < 4.78 is 1.96. The molecule has 0 fully saturated rings. The van der Waals surface area contributed by atoms with Crippen LogP contribution >= 0.6 is 0 Å². The SMILES string of the molecule is c1ccc(-c2nc(-c3ccncc3)nc(-c3cccc(-c4nn(-c5ccncc5)c5ccccc45)c3)n2)cc1. The Morgan fingerprint density at radius 1 is 0.462 bits per heavy atom. The molecule has 4 heterocycles. The van der Waals surface area contributed by atoms with Crippen LogP contribution < -0.4 is 0 Å². The summed E-state index contributed by atoms with van der Waals surface area (Å²) >= 11 is 0. The Balaban J connectivity index is 1.39. The van der Waals surface area contributed by atoms with Gasteiger partial charge in [0.25, 0.3) is 0 Å². The molecule has 0 aliphatic carbocycles. The van der Waals surface area contributed by atoms with Gasteiger partial charge in [-0.2, -0.15) is 5.10 Å². The molecule has 7 aromatic rings. The molecule has 7 heteroatoms. The van der Waals surface area contributed by atoms with Crippen LogP contribution in [0.2, 0.25) is 0 Å². The molecule has 39 heavy (non-hydrogen) atoms. The van der Waals surface area contributed by atoms with Gasteiger partial charge in [0.15, 0.2) is 17.5 Å². The van der Waals surface area contributed by atoms with Crippen LogP contribution in [0.5, 0.6) is 0 Å². The zero-order chi connectivity index (χ0) is 26.0. The summed E-state index contributed by atoms with van der Waals surface area (Å²) in [6.07, 6.45) is 7.03. The van der Waals surface area contributed by atoms with Gasteiger partial charge in [-0.3, -0.25) is 9.97 Å². The van der Waals surface area contributed by atoms with Gasteiger partial charge in [-0.25, -0.2) is 19.6 Å². The zero-order valence-corrected chi connectivity index (χ0v) is 20.8. The lowest BCUT2D eigenvalue weighted by Gasteiger charge is -2.09. The number of fused-ring (bicyclic) bond motifs is 1. The van der Waals surface area contributed by atoms with Crippen LogP contribution in [0, 0.1) is 0 Å². The molecule has 0 bridgehead atoms. The Kier molecular flexibility index (Phi) is 5.64. The summed E-state index contributed by atoms with van der Waals surface area (Å²) in [6, 6.07) is 34.1. The van der Waals surface area contributed by atoms with Crippen molar-refractivity contribution in [3.8, 4) is 51.1 Å². The first-order chi connectivity index (χ1) is 19.3. The van der Waals surface area contributed by atoms with E-state index < -0.39 is 0 Å². The number of benzene rings is 3. The molecule has 3 aromatic carbocycles. The van der Waals surface area contributed by atoms with E-state index in [1.165, 1.54) is 0 Å². The van der Waals surface area contributed by atoms with E-state index in [4.69, 9.17) is 20.1 Å². The summed E-state index contributed by atoms with van der Waals surface area (Å²) in [5.74, 6) is 1.81. The maximum atomic E-state index is 5.02. The highest BCUT2D eigenvalue weighted by Crippen LogP contribution is 2.32. The van der Waals surface area contributed by atoms with E-state index in [-0.39, 0.29) is 0 Å². The van der Waals surface area contributed by atoms with Crippen LogP contribution in [0.15, 0.2) is 128 Å². The molecule has 0 aliphatic heterocycles. The third-order valence-electron chi connectivity index (χ3n) is 6.49. The van der Waals surface area contributed by atoms with E-state index in [1.807, 2.05) is 83.5 Å². The summed E-state index contributed by atoms with van der Waals surface area (Å²) in [4.78, 5) is 22.8. The minimum atomic E-state index is 0.593. The Morgan fingerprint density at radius 3 is 1.77 bits per heavy atom. The van der Waals surface area contributed by atoms with Crippen LogP contribution in [0.3, 0.4) is 0 Å². The quantitative estimate of drug-likeness (QED) is 0.261. The number of aromatic nitrogens is 7. The number of hydrogen-bond acceptors (Lipinski definition) is 6. The summed E-state index contributed by atoms with van der Waals surface area (Å²) in [7, 11) is 0. The zero-order valence-electron chi connectivity index (χ0n) is 20.8. The molecule has 0 aliphatic rings. The lowest BCUT2D eigenvalue weighted by Crippen LogP contribution is -2.00. The topological polar surface area (TPSA) is 82.3 Å². The van der Waals surface area contributed by atoms with Crippen LogP contribution in [-0.4, -0.2) is 34.7 Å². The monoisotopic (exact) mass is 503 g/mol. The molecule has 7 rings (SSSR count). The van der Waals surface area contributed by atoms with Crippen LogP contribution in [0.1, 0.15) is 0 Å². The van der Waals surface area contributed by atoms with E-state index in [9.17, 15) is 0 Å².